The first-order valence-corrected chi connectivity index (χ1v) is 6.22. The van der Waals surface area contributed by atoms with Gasteiger partial charge < -0.3 is 10.2 Å². The van der Waals surface area contributed by atoms with Gasteiger partial charge in [-0.15, -0.1) is 0 Å². The molecule has 112 valence electrons. The van der Waals surface area contributed by atoms with Gasteiger partial charge in [-0.1, -0.05) is 0 Å². The molecule has 0 amide bonds. The third-order valence-electron chi connectivity index (χ3n) is 3.93. The highest BCUT2D eigenvalue weighted by Crippen LogP contribution is 2.44. The minimum Gasteiger partial charge on any atom is -0.478 e. The first kappa shape index (κ1) is 14.8. The molecule has 5 nitrogen and oxygen atoms in total. The molecule has 1 aliphatic carbocycles. The van der Waals surface area contributed by atoms with Gasteiger partial charge in [-0.2, -0.15) is 18.3 Å². The summed E-state index contributed by atoms with van der Waals surface area (Å²) in [6.45, 7) is 1.57. The summed E-state index contributed by atoms with van der Waals surface area (Å²) in [6.07, 6.45) is -4.02. The zero-order chi connectivity index (χ0) is 15.1. The SMILES string of the molecule is Cc1c(C(=O)O)cnn1C1CCC(O)(C(F)(F)F)CC1. The van der Waals surface area contributed by atoms with E-state index in [1.807, 2.05) is 0 Å². The molecule has 0 spiro atoms. The molecular weight excluding hydrogens is 277 g/mol. The van der Waals surface area contributed by atoms with Gasteiger partial charge in [0.2, 0.25) is 0 Å². The quantitative estimate of drug-likeness (QED) is 0.877. The minimum atomic E-state index is -4.64. The molecule has 0 bridgehead atoms. The van der Waals surface area contributed by atoms with Crippen LogP contribution in [0.4, 0.5) is 13.2 Å². The number of aliphatic hydroxyl groups is 1. The van der Waals surface area contributed by atoms with Crippen molar-refractivity contribution in [1.29, 1.82) is 0 Å². The van der Waals surface area contributed by atoms with E-state index in [1.165, 1.54) is 10.9 Å². The van der Waals surface area contributed by atoms with E-state index in [4.69, 9.17) is 5.11 Å². The van der Waals surface area contributed by atoms with E-state index in [1.54, 1.807) is 6.92 Å². The molecule has 8 heteroatoms. The van der Waals surface area contributed by atoms with E-state index in [2.05, 4.69) is 5.10 Å². The molecule has 0 unspecified atom stereocenters. The third-order valence-corrected chi connectivity index (χ3v) is 3.93. The lowest BCUT2D eigenvalue weighted by Crippen LogP contribution is -2.48. The van der Waals surface area contributed by atoms with Crippen molar-refractivity contribution in [2.45, 2.75) is 50.4 Å². The van der Waals surface area contributed by atoms with Gasteiger partial charge in [-0.25, -0.2) is 4.79 Å². The number of carboxylic acids is 1. The Morgan fingerprint density at radius 3 is 2.40 bits per heavy atom. The van der Waals surface area contributed by atoms with Gasteiger partial charge in [0, 0.05) is 0 Å². The van der Waals surface area contributed by atoms with Crippen molar-refractivity contribution in [3.05, 3.63) is 17.5 Å². The Hall–Kier alpha value is -1.57. The van der Waals surface area contributed by atoms with Crippen molar-refractivity contribution < 1.29 is 28.2 Å². The Kier molecular flexibility index (Phi) is 3.53. The second-order valence-corrected chi connectivity index (χ2v) is 5.15. The molecule has 1 aliphatic rings. The fraction of sp³-hybridized carbons (Fsp3) is 0.667. The van der Waals surface area contributed by atoms with Gasteiger partial charge in [0.1, 0.15) is 5.56 Å². The Morgan fingerprint density at radius 1 is 1.45 bits per heavy atom. The zero-order valence-electron chi connectivity index (χ0n) is 10.8. The van der Waals surface area contributed by atoms with E-state index in [0.29, 0.717) is 5.69 Å². The van der Waals surface area contributed by atoms with Crippen LogP contribution in [0, 0.1) is 6.92 Å². The molecule has 0 atom stereocenters. The summed E-state index contributed by atoms with van der Waals surface area (Å²) >= 11 is 0. The maximum Gasteiger partial charge on any atom is 0.417 e. The van der Waals surface area contributed by atoms with Crippen LogP contribution in [-0.2, 0) is 0 Å². The Bertz CT molecular complexity index is 517. The highest BCUT2D eigenvalue weighted by Gasteiger charge is 2.54. The summed E-state index contributed by atoms with van der Waals surface area (Å²) in [5.74, 6) is -1.11. The van der Waals surface area contributed by atoms with Crippen LogP contribution < -0.4 is 0 Å². The molecule has 1 aromatic rings. The summed E-state index contributed by atoms with van der Waals surface area (Å²) in [7, 11) is 0. The van der Waals surface area contributed by atoms with Crippen LogP contribution >= 0.6 is 0 Å². The van der Waals surface area contributed by atoms with Crippen molar-refractivity contribution >= 4 is 5.97 Å². The molecule has 1 aromatic heterocycles. The molecule has 1 fully saturated rings. The molecule has 1 heterocycles. The number of aromatic nitrogens is 2. The molecule has 0 radical (unpaired) electrons. The highest BCUT2D eigenvalue weighted by atomic mass is 19.4. The van der Waals surface area contributed by atoms with Gasteiger partial charge in [-0.05, 0) is 32.6 Å². The maximum atomic E-state index is 12.7. The van der Waals surface area contributed by atoms with Crippen molar-refractivity contribution in [2.24, 2.45) is 0 Å². The number of carbonyl (C=O) groups is 1. The second-order valence-electron chi connectivity index (χ2n) is 5.15. The third kappa shape index (κ3) is 2.39. The van der Waals surface area contributed by atoms with Crippen molar-refractivity contribution in [1.82, 2.24) is 9.78 Å². The van der Waals surface area contributed by atoms with Gasteiger partial charge >= 0.3 is 12.1 Å². The van der Waals surface area contributed by atoms with E-state index < -0.39 is 30.6 Å². The summed E-state index contributed by atoms with van der Waals surface area (Å²) < 4.78 is 39.5. The van der Waals surface area contributed by atoms with Crippen LogP contribution in [0.2, 0.25) is 0 Å². The largest absolute Gasteiger partial charge is 0.478 e. The monoisotopic (exact) mass is 292 g/mol. The lowest BCUT2D eigenvalue weighted by atomic mass is 9.81. The highest BCUT2D eigenvalue weighted by molar-refractivity contribution is 5.88. The lowest BCUT2D eigenvalue weighted by molar-refractivity contribution is -0.271. The average Bonchev–Trinajstić information content (AvgIpc) is 2.71. The van der Waals surface area contributed by atoms with Crippen LogP contribution in [0.15, 0.2) is 6.20 Å². The number of nitrogens with zero attached hydrogens (tertiary/aromatic N) is 2. The Balaban J connectivity index is 2.14. The molecule has 2 rings (SSSR count). The lowest BCUT2D eigenvalue weighted by Gasteiger charge is -2.37. The predicted molar refractivity (Wildman–Crippen MR) is 62.4 cm³/mol. The number of rotatable bonds is 2. The van der Waals surface area contributed by atoms with Crippen LogP contribution in [0.1, 0.15) is 47.8 Å². The van der Waals surface area contributed by atoms with E-state index in [-0.39, 0.29) is 24.4 Å². The number of carboxylic acid groups (broad SMARTS) is 1. The van der Waals surface area contributed by atoms with Crippen molar-refractivity contribution in [2.75, 3.05) is 0 Å². The topological polar surface area (TPSA) is 75.3 Å². The molecule has 0 aliphatic heterocycles. The predicted octanol–water partition coefficient (Wildman–Crippen LogP) is 2.30. The average molecular weight is 292 g/mol. The zero-order valence-corrected chi connectivity index (χ0v) is 10.8. The molecular formula is C12H15F3N2O3. The minimum absolute atomic E-state index is 0.0432. The van der Waals surface area contributed by atoms with E-state index >= 15 is 0 Å². The summed E-state index contributed by atoms with van der Waals surface area (Å²) in [5.41, 5.74) is -2.18. The fourth-order valence-corrected chi connectivity index (χ4v) is 2.61. The number of aromatic carboxylic acids is 1. The fourth-order valence-electron chi connectivity index (χ4n) is 2.61. The van der Waals surface area contributed by atoms with Crippen LogP contribution in [0.3, 0.4) is 0 Å². The number of hydrogen-bond donors (Lipinski definition) is 2. The molecule has 0 saturated heterocycles. The van der Waals surface area contributed by atoms with Crippen molar-refractivity contribution in [3.63, 3.8) is 0 Å². The number of alkyl halides is 3. The van der Waals surface area contributed by atoms with Crippen LogP contribution in [0.25, 0.3) is 0 Å². The normalized spacial score (nSPS) is 27.6. The number of halogens is 3. The summed E-state index contributed by atoms with van der Waals surface area (Å²) in [4.78, 5) is 10.9. The van der Waals surface area contributed by atoms with Crippen LogP contribution in [-0.4, -0.2) is 37.7 Å². The molecule has 0 aromatic carbocycles. The standard InChI is InChI=1S/C12H15F3N2O3/c1-7-9(10(18)19)6-16-17(7)8-2-4-11(20,5-3-8)12(13,14)15/h6,8,20H,2-5H2,1H3,(H,18,19). The smallest absolute Gasteiger partial charge is 0.417 e. The summed E-state index contributed by atoms with van der Waals surface area (Å²) in [6, 6.07) is -0.314. The molecule has 1 saturated carbocycles. The van der Waals surface area contributed by atoms with Gasteiger partial charge in [0.25, 0.3) is 0 Å². The summed E-state index contributed by atoms with van der Waals surface area (Å²) in [5, 5.41) is 22.5. The van der Waals surface area contributed by atoms with Crippen LogP contribution in [0.5, 0.6) is 0 Å². The Morgan fingerprint density at radius 2 is 2.00 bits per heavy atom. The van der Waals surface area contributed by atoms with Crippen molar-refractivity contribution in [3.8, 4) is 0 Å². The number of hydrogen-bond acceptors (Lipinski definition) is 3. The van der Waals surface area contributed by atoms with Gasteiger partial charge in [0.15, 0.2) is 5.60 Å². The first-order chi connectivity index (χ1) is 9.16. The van der Waals surface area contributed by atoms with Gasteiger partial charge in [0.05, 0.1) is 17.9 Å². The van der Waals surface area contributed by atoms with E-state index in [0.717, 1.165) is 0 Å². The molecule has 2 N–H and O–H groups in total. The second kappa shape index (κ2) is 4.76. The maximum absolute atomic E-state index is 12.7. The molecule has 20 heavy (non-hydrogen) atoms. The Labute approximate surface area is 113 Å². The van der Waals surface area contributed by atoms with Gasteiger partial charge in [-0.3, -0.25) is 4.68 Å². The first-order valence-electron chi connectivity index (χ1n) is 6.22. The van der Waals surface area contributed by atoms with E-state index in [9.17, 15) is 23.1 Å².